The summed E-state index contributed by atoms with van der Waals surface area (Å²) in [6.45, 7) is 6.01. The van der Waals surface area contributed by atoms with Crippen LogP contribution in [0.1, 0.15) is 13.8 Å². The van der Waals surface area contributed by atoms with E-state index < -0.39 is 0 Å². The highest BCUT2D eigenvalue weighted by molar-refractivity contribution is 5.78. The lowest BCUT2D eigenvalue weighted by Crippen LogP contribution is -2.55. The van der Waals surface area contributed by atoms with E-state index >= 15 is 0 Å². The molecule has 0 saturated carbocycles. The molecule has 1 aliphatic heterocycles. The minimum absolute atomic E-state index is 0.0828. The Balaban J connectivity index is 2.31. The standard InChI is InChI=1S/C9H18N2O2/c1-7(2)11-5-8(6-11)9(12)10(3)13-4/h7-8H,5-6H2,1-4H3. The molecule has 1 amide bonds. The Kier molecular flexibility index (Phi) is 3.27. The monoisotopic (exact) mass is 186 g/mol. The van der Waals surface area contributed by atoms with Gasteiger partial charge in [-0.2, -0.15) is 0 Å². The van der Waals surface area contributed by atoms with E-state index in [0.717, 1.165) is 13.1 Å². The molecule has 1 saturated heterocycles. The van der Waals surface area contributed by atoms with E-state index in [1.54, 1.807) is 7.05 Å². The number of hydroxylamine groups is 2. The number of hydrogen-bond acceptors (Lipinski definition) is 3. The molecule has 0 radical (unpaired) electrons. The molecule has 0 unspecified atom stereocenters. The largest absolute Gasteiger partial charge is 0.299 e. The average molecular weight is 186 g/mol. The van der Waals surface area contributed by atoms with Crippen molar-refractivity contribution in [3.05, 3.63) is 0 Å². The molecule has 76 valence electrons. The zero-order chi connectivity index (χ0) is 10.0. The first-order chi connectivity index (χ1) is 6.06. The third-order valence-electron chi connectivity index (χ3n) is 2.57. The summed E-state index contributed by atoms with van der Waals surface area (Å²) in [5, 5.41) is 1.31. The smallest absolute Gasteiger partial charge is 0.251 e. The summed E-state index contributed by atoms with van der Waals surface area (Å²) in [6.07, 6.45) is 0. The molecule has 1 rings (SSSR count). The predicted octanol–water partition coefficient (Wildman–Crippen LogP) is 0.346. The fraction of sp³-hybridized carbons (Fsp3) is 0.889. The van der Waals surface area contributed by atoms with Crippen LogP contribution in [0.2, 0.25) is 0 Å². The van der Waals surface area contributed by atoms with Gasteiger partial charge < -0.3 is 0 Å². The number of carbonyl (C=O) groups excluding carboxylic acids is 1. The van der Waals surface area contributed by atoms with Gasteiger partial charge in [0.15, 0.2) is 0 Å². The van der Waals surface area contributed by atoms with Gasteiger partial charge >= 0.3 is 0 Å². The Morgan fingerprint density at radius 3 is 2.46 bits per heavy atom. The van der Waals surface area contributed by atoms with Crippen LogP contribution in [0.5, 0.6) is 0 Å². The Bertz CT molecular complexity index is 188. The first kappa shape index (κ1) is 10.5. The Hall–Kier alpha value is -0.610. The van der Waals surface area contributed by atoms with Crippen LogP contribution in [0.4, 0.5) is 0 Å². The maximum absolute atomic E-state index is 11.5. The van der Waals surface area contributed by atoms with Crippen molar-refractivity contribution in [3.63, 3.8) is 0 Å². The van der Waals surface area contributed by atoms with Gasteiger partial charge in [0.25, 0.3) is 5.91 Å². The maximum atomic E-state index is 11.5. The highest BCUT2D eigenvalue weighted by atomic mass is 16.7. The van der Waals surface area contributed by atoms with Crippen LogP contribution in [0.15, 0.2) is 0 Å². The summed E-state index contributed by atoms with van der Waals surface area (Å²) in [7, 11) is 3.16. The first-order valence-electron chi connectivity index (χ1n) is 4.62. The second-order valence-corrected chi connectivity index (χ2v) is 3.76. The summed E-state index contributed by atoms with van der Waals surface area (Å²) in [5.74, 6) is 0.215. The summed E-state index contributed by atoms with van der Waals surface area (Å²) in [4.78, 5) is 18.6. The van der Waals surface area contributed by atoms with E-state index in [4.69, 9.17) is 4.84 Å². The molecule has 0 aromatic carbocycles. The number of nitrogens with zero attached hydrogens (tertiary/aromatic N) is 2. The van der Waals surface area contributed by atoms with Crippen molar-refractivity contribution in [2.24, 2.45) is 5.92 Å². The zero-order valence-corrected chi connectivity index (χ0v) is 8.78. The Labute approximate surface area is 79.4 Å². The molecular weight excluding hydrogens is 168 g/mol. The van der Waals surface area contributed by atoms with Gasteiger partial charge in [-0.15, -0.1) is 0 Å². The fourth-order valence-corrected chi connectivity index (χ4v) is 1.44. The summed E-state index contributed by atoms with van der Waals surface area (Å²) in [5.41, 5.74) is 0. The molecular formula is C9H18N2O2. The second-order valence-electron chi connectivity index (χ2n) is 3.76. The van der Waals surface area contributed by atoms with E-state index in [0.29, 0.717) is 6.04 Å². The van der Waals surface area contributed by atoms with Gasteiger partial charge in [0.05, 0.1) is 13.0 Å². The molecule has 1 fully saturated rings. The molecule has 0 N–H and O–H groups in total. The number of carbonyl (C=O) groups is 1. The highest BCUT2D eigenvalue weighted by Gasteiger charge is 2.35. The molecule has 4 heteroatoms. The van der Waals surface area contributed by atoms with E-state index in [9.17, 15) is 4.79 Å². The first-order valence-corrected chi connectivity index (χ1v) is 4.62. The van der Waals surface area contributed by atoms with Crippen LogP contribution in [0, 0.1) is 5.92 Å². The second kappa shape index (κ2) is 4.07. The minimum Gasteiger partial charge on any atom is -0.299 e. The molecule has 0 aromatic heterocycles. The van der Waals surface area contributed by atoms with Crippen molar-refractivity contribution in [2.75, 3.05) is 27.2 Å². The van der Waals surface area contributed by atoms with Crippen molar-refractivity contribution < 1.29 is 9.63 Å². The fourth-order valence-electron chi connectivity index (χ4n) is 1.44. The molecule has 1 heterocycles. The SMILES string of the molecule is CON(C)C(=O)C1CN(C(C)C)C1. The van der Waals surface area contributed by atoms with Gasteiger partial charge in [0.1, 0.15) is 0 Å². The van der Waals surface area contributed by atoms with Crippen LogP contribution < -0.4 is 0 Å². The van der Waals surface area contributed by atoms with Crippen molar-refractivity contribution in [3.8, 4) is 0 Å². The Morgan fingerprint density at radius 1 is 1.54 bits per heavy atom. The third-order valence-corrected chi connectivity index (χ3v) is 2.57. The van der Waals surface area contributed by atoms with Crippen molar-refractivity contribution in [1.82, 2.24) is 9.96 Å². The van der Waals surface area contributed by atoms with Crippen molar-refractivity contribution >= 4 is 5.91 Å². The van der Waals surface area contributed by atoms with Crippen LogP contribution >= 0.6 is 0 Å². The maximum Gasteiger partial charge on any atom is 0.251 e. The molecule has 4 nitrogen and oxygen atoms in total. The lowest BCUT2D eigenvalue weighted by Gasteiger charge is -2.41. The van der Waals surface area contributed by atoms with E-state index in [1.807, 2.05) is 0 Å². The lowest BCUT2D eigenvalue weighted by molar-refractivity contribution is -0.179. The zero-order valence-electron chi connectivity index (χ0n) is 8.78. The van der Waals surface area contributed by atoms with Gasteiger partial charge in [-0.1, -0.05) is 0 Å². The molecule has 0 aromatic rings. The molecule has 0 atom stereocenters. The number of likely N-dealkylation sites (tertiary alicyclic amines) is 1. The molecule has 1 aliphatic rings. The third kappa shape index (κ3) is 2.19. The average Bonchev–Trinajstić information content (AvgIpc) is 1.99. The molecule has 0 aliphatic carbocycles. The van der Waals surface area contributed by atoms with Crippen LogP contribution in [0.25, 0.3) is 0 Å². The van der Waals surface area contributed by atoms with Gasteiger partial charge in [0.2, 0.25) is 0 Å². The summed E-state index contributed by atoms with van der Waals surface area (Å²) in [6, 6.07) is 0.539. The molecule has 0 spiro atoms. The van der Waals surface area contributed by atoms with Gasteiger partial charge in [-0.3, -0.25) is 14.5 Å². The minimum atomic E-state index is 0.0828. The van der Waals surface area contributed by atoms with Crippen LogP contribution in [-0.4, -0.2) is 49.2 Å². The van der Waals surface area contributed by atoms with E-state index in [-0.39, 0.29) is 11.8 Å². The molecule has 0 bridgehead atoms. The Morgan fingerprint density at radius 2 is 2.08 bits per heavy atom. The van der Waals surface area contributed by atoms with Crippen molar-refractivity contribution in [2.45, 2.75) is 19.9 Å². The van der Waals surface area contributed by atoms with Gasteiger partial charge in [0, 0.05) is 26.2 Å². The van der Waals surface area contributed by atoms with Gasteiger partial charge in [-0.05, 0) is 13.8 Å². The summed E-state index contributed by atoms with van der Waals surface area (Å²) < 4.78 is 0. The van der Waals surface area contributed by atoms with E-state index in [2.05, 4.69) is 18.7 Å². The highest BCUT2D eigenvalue weighted by Crippen LogP contribution is 2.19. The predicted molar refractivity (Wildman–Crippen MR) is 50.0 cm³/mol. The quantitative estimate of drug-likeness (QED) is 0.596. The van der Waals surface area contributed by atoms with Crippen molar-refractivity contribution in [1.29, 1.82) is 0 Å². The lowest BCUT2D eigenvalue weighted by atomic mass is 9.97. The topological polar surface area (TPSA) is 32.8 Å². The van der Waals surface area contributed by atoms with Crippen LogP contribution in [-0.2, 0) is 9.63 Å². The van der Waals surface area contributed by atoms with Crippen LogP contribution in [0.3, 0.4) is 0 Å². The van der Waals surface area contributed by atoms with Gasteiger partial charge in [-0.25, -0.2) is 5.06 Å². The molecule has 13 heavy (non-hydrogen) atoms. The number of amides is 1. The summed E-state index contributed by atoms with van der Waals surface area (Å²) >= 11 is 0. The number of hydrogen-bond donors (Lipinski definition) is 0. The van der Waals surface area contributed by atoms with E-state index in [1.165, 1.54) is 12.2 Å². The normalized spacial score (nSPS) is 18.8. The number of rotatable bonds is 3.